The van der Waals surface area contributed by atoms with Crippen LogP contribution in [0.2, 0.25) is 0 Å². The second-order valence-electron chi connectivity index (χ2n) is 6.38. The molecule has 3 unspecified atom stereocenters. The van der Waals surface area contributed by atoms with Gasteiger partial charge in [0, 0.05) is 6.54 Å². The highest BCUT2D eigenvalue weighted by atomic mass is 16.5. The molecule has 1 N–H and O–H groups in total. The molecule has 2 nitrogen and oxygen atoms in total. The molecule has 0 saturated heterocycles. The summed E-state index contributed by atoms with van der Waals surface area (Å²) in [5.41, 5.74) is 0. The zero-order valence-corrected chi connectivity index (χ0v) is 11.4. The van der Waals surface area contributed by atoms with Crippen LogP contribution in [0, 0.1) is 17.8 Å². The summed E-state index contributed by atoms with van der Waals surface area (Å²) in [6, 6.07) is 0. The van der Waals surface area contributed by atoms with Gasteiger partial charge in [0.2, 0.25) is 0 Å². The van der Waals surface area contributed by atoms with Crippen LogP contribution >= 0.6 is 0 Å². The van der Waals surface area contributed by atoms with Crippen molar-refractivity contribution in [2.24, 2.45) is 17.8 Å². The van der Waals surface area contributed by atoms with E-state index in [9.17, 15) is 0 Å². The number of hydrogen-bond acceptors (Lipinski definition) is 2. The third kappa shape index (κ3) is 3.16. The Morgan fingerprint density at radius 2 is 1.94 bits per heavy atom. The Morgan fingerprint density at radius 1 is 1.06 bits per heavy atom. The Bertz CT molecular complexity index is 283. The van der Waals surface area contributed by atoms with Crippen LogP contribution < -0.4 is 5.32 Å². The molecule has 2 fully saturated rings. The Kier molecular flexibility index (Phi) is 4.37. The number of fused-ring (bicyclic) bond motifs is 2. The first kappa shape index (κ1) is 12.7. The second-order valence-corrected chi connectivity index (χ2v) is 6.38. The molecule has 0 radical (unpaired) electrons. The quantitative estimate of drug-likeness (QED) is 0.577. The van der Waals surface area contributed by atoms with Crippen molar-refractivity contribution in [3.8, 4) is 0 Å². The molecule has 3 rings (SSSR count). The summed E-state index contributed by atoms with van der Waals surface area (Å²) < 4.78 is 5.93. The molecule has 0 aromatic heterocycles. The second kappa shape index (κ2) is 6.21. The van der Waals surface area contributed by atoms with Crippen LogP contribution in [0.5, 0.6) is 0 Å². The van der Waals surface area contributed by atoms with Gasteiger partial charge in [-0.1, -0.05) is 31.4 Å². The standard InChI is InChI=1S/C16H27NO/c1-2-4-16(5-3-1)18-9-8-17-12-15-11-13-6-7-14(15)10-13/h6-7,13-17H,1-5,8-12H2. The molecular weight excluding hydrogens is 222 g/mol. The van der Waals surface area contributed by atoms with E-state index in [-0.39, 0.29) is 0 Å². The van der Waals surface area contributed by atoms with E-state index in [1.807, 2.05) is 0 Å². The topological polar surface area (TPSA) is 21.3 Å². The molecule has 3 aliphatic carbocycles. The Labute approximate surface area is 111 Å². The third-order valence-corrected chi connectivity index (χ3v) is 5.01. The van der Waals surface area contributed by atoms with E-state index in [2.05, 4.69) is 17.5 Å². The number of allylic oxidation sites excluding steroid dienone is 2. The molecular formula is C16H27NO. The van der Waals surface area contributed by atoms with Crippen LogP contribution in [0.4, 0.5) is 0 Å². The van der Waals surface area contributed by atoms with E-state index in [0.717, 1.165) is 30.9 Å². The number of rotatable bonds is 6. The molecule has 18 heavy (non-hydrogen) atoms. The maximum atomic E-state index is 5.93. The van der Waals surface area contributed by atoms with Gasteiger partial charge in [-0.3, -0.25) is 0 Å². The summed E-state index contributed by atoms with van der Waals surface area (Å²) in [4.78, 5) is 0. The molecule has 0 aromatic carbocycles. The molecule has 3 aliphatic rings. The van der Waals surface area contributed by atoms with Crippen LogP contribution in [0.1, 0.15) is 44.9 Å². The lowest BCUT2D eigenvalue weighted by Gasteiger charge is -2.23. The van der Waals surface area contributed by atoms with Gasteiger partial charge < -0.3 is 10.1 Å². The first-order valence-electron chi connectivity index (χ1n) is 7.92. The molecule has 0 aliphatic heterocycles. The summed E-state index contributed by atoms with van der Waals surface area (Å²) in [6.07, 6.45) is 15.0. The first-order chi connectivity index (χ1) is 8.92. The fourth-order valence-electron chi connectivity index (χ4n) is 3.95. The van der Waals surface area contributed by atoms with Gasteiger partial charge in [-0.2, -0.15) is 0 Å². The monoisotopic (exact) mass is 249 g/mol. The molecule has 0 aromatic rings. The van der Waals surface area contributed by atoms with Gasteiger partial charge in [0.15, 0.2) is 0 Å². The van der Waals surface area contributed by atoms with E-state index < -0.39 is 0 Å². The molecule has 0 heterocycles. The molecule has 2 heteroatoms. The summed E-state index contributed by atoms with van der Waals surface area (Å²) in [7, 11) is 0. The lowest BCUT2D eigenvalue weighted by Crippen LogP contribution is -2.29. The number of nitrogens with one attached hydrogen (secondary N) is 1. The Morgan fingerprint density at radius 3 is 2.67 bits per heavy atom. The highest BCUT2D eigenvalue weighted by Gasteiger charge is 2.34. The maximum absolute atomic E-state index is 5.93. The van der Waals surface area contributed by atoms with Gasteiger partial charge in [-0.05, 0) is 50.0 Å². The highest BCUT2D eigenvalue weighted by Crippen LogP contribution is 2.42. The van der Waals surface area contributed by atoms with Crippen molar-refractivity contribution in [3.63, 3.8) is 0 Å². The molecule has 102 valence electrons. The van der Waals surface area contributed by atoms with Crippen molar-refractivity contribution >= 4 is 0 Å². The van der Waals surface area contributed by atoms with Gasteiger partial charge >= 0.3 is 0 Å². The SMILES string of the molecule is C1=CC2CC1CC2CNCCOC1CCCCC1. The summed E-state index contributed by atoms with van der Waals surface area (Å²) in [6.45, 7) is 3.13. The van der Waals surface area contributed by atoms with E-state index in [4.69, 9.17) is 4.74 Å². The zero-order valence-electron chi connectivity index (χ0n) is 11.4. The minimum atomic E-state index is 0.561. The fourth-order valence-corrected chi connectivity index (χ4v) is 3.95. The number of ether oxygens (including phenoxy) is 1. The van der Waals surface area contributed by atoms with Crippen molar-refractivity contribution in [2.45, 2.75) is 51.0 Å². The normalized spacial score (nSPS) is 35.4. The fraction of sp³-hybridized carbons (Fsp3) is 0.875. The maximum Gasteiger partial charge on any atom is 0.0594 e. The van der Waals surface area contributed by atoms with E-state index in [0.29, 0.717) is 6.10 Å². The van der Waals surface area contributed by atoms with Crippen molar-refractivity contribution in [2.75, 3.05) is 19.7 Å². The molecule has 2 bridgehead atoms. The highest BCUT2D eigenvalue weighted by molar-refractivity contribution is 5.10. The molecule has 0 amide bonds. The lowest BCUT2D eigenvalue weighted by atomic mass is 9.94. The van der Waals surface area contributed by atoms with Gasteiger partial charge in [-0.15, -0.1) is 0 Å². The first-order valence-corrected chi connectivity index (χ1v) is 7.92. The predicted octanol–water partition coefficient (Wildman–Crippen LogP) is 3.14. The molecule has 3 atom stereocenters. The van der Waals surface area contributed by atoms with Gasteiger partial charge in [0.1, 0.15) is 0 Å². The zero-order chi connectivity index (χ0) is 12.2. The van der Waals surface area contributed by atoms with Crippen molar-refractivity contribution in [1.82, 2.24) is 5.32 Å². The van der Waals surface area contributed by atoms with Crippen LogP contribution in [0.15, 0.2) is 12.2 Å². The van der Waals surface area contributed by atoms with Crippen molar-refractivity contribution < 1.29 is 4.74 Å². The Balaban J connectivity index is 1.24. The average Bonchev–Trinajstić information content (AvgIpc) is 3.02. The van der Waals surface area contributed by atoms with Crippen LogP contribution in [-0.4, -0.2) is 25.8 Å². The Hall–Kier alpha value is -0.340. The van der Waals surface area contributed by atoms with Gasteiger partial charge in [0.05, 0.1) is 12.7 Å². The lowest BCUT2D eigenvalue weighted by molar-refractivity contribution is 0.0300. The minimum Gasteiger partial charge on any atom is -0.377 e. The molecule has 0 spiro atoms. The van der Waals surface area contributed by atoms with Crippen LogP contribution in [0.3, 0.4) is 0 Å². The van der Waals surface area contributed by atoms with E-state index in [1.165, 1.54) is 51.5 Å². The number of hydrogen-bond donors (Lipinski definition) is 1. The minimum absolute atomic E-state index is 0.561. The molecule has 2 saturated carbocycles. The van der Waals surface area contributed by atoms with Gasteiger partial charge in [-0.25, -0.2) is 0 Å². The summed E-state index contributed by atoms with van der Waals surface area (Å²) in [5.74, 6) is 2.68. The van der Waals surface area contributed by atoms with Crippen molar-refractivity contribution in [3.05, 3.63) is 12.2 Å². The van der Waals surface area contributed by atoms with Crippen LogP contribution in [0.25, 0.3) is 0 Å². The van der Waals surface area contributed by atoms with E-state index >= 15 is 0 Å². The van der Waals surface area contributed by atoms with E-state index in [1.54, 1.807) is 0 Å². The largest absolute Gasteiger partial charge is 0.377 e. The summed E-state index contributed by atoms with van der Waals surface area (Å²) in [5, 5.41) is 3.59. The summed E-state index contributed by atoms with van der Waals surface area (Å²) >= 11 is 0. The average molecular weight is 249 g/mol. The van der Waals surface area contributed by atoms with Gasteiger partial charge in [0.25, 0.3) is 0 Å². The third-order valence-electron chi connectivity index (χ3n) is 5.01. The predicted molar refractivity (Wildman–Crippen MR) is 74.5 cm³/mol. The van der Waals surface area contributed by atoms with Crippen molar-refractivity contribution in [1.29, 1.82) is 0 Å². The van der Waals surface area contributed by atoms with Crippen LogP contribution in [-0.2, 0) is 4.74 Å². The smallest absolute Gasteiger partial charge is 0.0594 e.